The number of aromatic nitrogens is 2. The second kappa shape index (κ2) is 7.51. The van der Waals surface area contributed by atoms with Crippen molar-refractivity contribution in [3.63, 3.8) is 0 Å². The van der Waals surface area contributed by atoms with E-state index in [1.165, 1.54) is 0 Å². The van der Waals surface area contributed by atoms with Crippen molar-refractivity contribution in [3.8, 4) is 5.75 Å². The van der Waals surface area contributed by atoms with Gasteiger partial charge in [-0.25, -0.2) is 0 Å². The molecule has 1 aromatic heterocycles. The number of fused-ring (bicyclic) bond motifs is 1. The van der Waals surface area contributed by atoms with Gasteiger partial charge in [-0.1, -0.05) is 12.1 Å². The van der Waals surface area contributed by atoms with E-state index < -0.39 is 11.4 Å². The Morgan fingerprint density at radius 2 is 2.07 bits per heavy atom. The summed E-state index contributed by atoms with van der Waals surface area (Å²) in [7, 11) is 1.84. The Morgan fingerprint density at radius 3 is 2.72 bits per heavy atom. The second-order valence-electron chi connectivity index (χ2n) is 8.29. The number of aryl methyl sites for hydroxylation is 2. The number of hydrogen-bond donors (Lipinski definition) is 2. The van der Waals surface area contributed by atoms with Gasteiger partial charge in [0.1, 0.15) is 11.2 Å². The lowest BCUT2D eigenvalue weighted by molar-refractivity contribution is -0.149. The number of likely N-dealkylation sites (tertiary alicyclic amines) is 2. The first-order valence-electron chi connectivity index (χ1n) is 9.85. The summed E-state index contributed by atoms with van der Waals surface area (Å²) < 4.78 is 1.71. The zero-order valence-corrected chi connectivity index (χ0v) is 16.5. The minimum Gasteiger partial charge on any atom is -0.508 e. The Bertz CT molecular complexity index is 927. The molecule has 8 nitrogen and oxygen atoms in total. The average Bonchev–Trinajstić information content (AvgIpc) is 3.32. The Hall–Kier alpha value is -2.87. The highest BCUT2D eigenvalue weighted by molar-refractivity contribution is 5.81. The number of benzene rings is 1. The van der Waals surface area contributed by atoms with E-state index in [4.69, 9.17) is 0 Å². The molecule has 4 rings (SSSR count). The van der Waals surface area contributed by atoms with Crippen LogP contribution in [0.3, 0.4) is 0 Å². The van der Waals surface area contributed by atoms with Gasteiger partial charge in [-0.3, -0.25) is 19.2 Å². The number of aliphatic carboxylic acids is 1. The molecule has 0 unspecified atom stereocenters. The van der Waals surface area contributed by atoms with E-state index in [9.17, 15) is 19.8 Å². The van der Waals surface area contributed by atoms with E-state index in [1.807, 2.05) is 19.3 Å². The zero-order valence-electron chi connectivity index (χ0n) is 16.5. The van der Waals surface area contributed by atoms with E-state index in [0.717, 1.165) is 11.1 Å². The number of rotatable bonds is 6. The Morgan fingerprint density at radius 1 is 1.24 bits per heavy atom. The van der Waals surface area contributed by atoms with Crippen LogP contribution in [0, 0.1) is 11.3 Å². The third-order valence-corrected chi connectivity index (χ3v) is 6.16. The molecular formula is C21H26N4O4. The van der Waals surface area contributed by atoms with Crippen molar-refractivity contribution in [2.24, 2.45) is 18.4 Å². The van der Waals surface area contributed by atoms with Crippen LogP contribution in [-0.2, 0) is 29.6 Å². The van der Waals surface area contributed by atoms with Crippen LogP contribution >= 0.6 is 0 Å². The highest BCUT2D eigenvalue weighted by Gasteiger charge is 2.58. The predicted octanol–water partition coefficient (Wildman–Crippen LogP) is 1.10. The number of phenols is 1. The monoisotopic (exact) mass is 398 g/mol. The smallest absolute Gasteiger partial charge is 0.313 e. The molecule has 1 amide bonds. The quantitative estimate of drug-likeness (QED) is 0.756. The maximum absolute atomic E-state index is 12.7. The molecule has 2 N–H and O–H groups in total. The van der Waals surface area contributed by atoms with E-state index >= 15 is 0 Å². The summed E-state index contributed by atoms with van der Waals surface area (Å²) in [5.74, 6) is -0.702. The molecule has 2 atom stereocenters. The number of carboxylic acids is 1. The molecule has 3 heterocycles. The van der Waals surface area contributed by atoms with Crippen molar-refractivity contribution in [1.82, 2.24) is 19.6 Å². The third-order valence-electron chi connectivity index (χ3n) is 6.16. The topological polar surface area (TPSA) is 98.9 Å². The van der Waals surface area contributed by atoms with Crippen LogP contribution in [0.25, 0.3) is 0 Å². The van der Waals surface area contributed by atoms with Crippen molar-refractivity contribution in [2.75, 3.05) is 26.2 Å². The first-order chi connectivity index (χ1) is 13.9. The maximum Gasteiger partial charge on any atom is 0.313 e. The second-order valence-corrected chi connectivity index (χ2v) is 8.29. The summed E-state index contributed by atoms with van der Waals surface area (Å²) in [6, 6.07) is 7.04. The van der Waals surface area contributed by atoms with Crippen LogP contribution in [0.1, 0.15) is 17.5 Å². The zero-order chi connectivity index (χ0) is 20.6. The molecule has 0 radical (unpaired) electrons. The van der Waals surface area contributed by atoms with Crippen LogP contribution in [0.15, 0.2) is 36.7 Å². The van der Waals surface area contributed by atoms with Crippen molar-refractivity contribution in [1.29, 1.82) is 0 Å². The van der Waals surface area contributed by atoms with Crippen LogP contribution in [0.2, 0.25) is 0 Å². The minimum absolute atomic E-state index is 0.00316. The summed E-state index contributed by atoms with van der Waals surface area (Å²) in [6.45, 7) is 2.38. The van der Waals surface area contributed by atoms with Gasteiger partial charge in [-0.2, -0.15) is 5.10 Å². The molecule has 0 spiro atoms. The molecule has 1 aromatic carbocycles. The lowest BCUT2D eigenvalue weighted by Crippen LogP contribution is -2.42. The van der Waals surface area contributed by atoms with Gasteiger partial charge < -0.3 is 15.1 Å². The van der Waals surface area contributed by atoms with E-state index in [0.29, 0.717) is 39.0 Å². The van der Waals surface area contributed by atoms with Gasteiger partial charge in [-0.05, 0) is 29.7 Å². The first-order valence-corrected chi connectivity index (χ1v) is 9.85. The number of nitrogens with zero attached hydrogens (tertiary/aromatic N) is 4. The Kier molecular flexibility index (Phi) is 5.04. The number of carbonyl (C=O) groups excluding carboxylic acids is 1. The molecule has 8 heteroatoms. The number of carbonyl (C=O) groups is 2. The number of amides is 1. The fourth-order valence-corrected chi connectivity index (χ4v) is 4.71. The summed E-state index contributed by atoms with van der Waals surface area (Å²) in [4.78, 5) is 28.7. The fraction of sp³-hybridized carbons (Fsp3) is 0.476. The van der Waals surface area contributed by atoms with E-state index in [2.05, 4.69) is 10.00 Å². The molecule has 2 aliphatic rings. The lowest BCUT2D eigenvalue weighted by atomic mass is 9.81. The summed E-state index contributed by atoms with van der Waals surface area (Å²) >= 11 is 0. The largest absolute Gasteiger partial charge is 0.508 e. The highest BCUT2D eigenvalue weighted by atomic mass is 16.4. The fourth-order valence-electron chi connectivity index (χ4n) is 4.71. The molecule has 29 heavy (non-hydrogen) atoms. The Labute approximate surface area is 169 Å². The average molecular weight is 398 g/mol. The minimum atomic E-state index is -0.916. The van der Waals surface area contributed by atoms with Gasteiger partial charge in [0.25, 0.3) is 0 Å². The number of phenolic OH excluding ortho intramolecular Hbond substituents is 1. The van der Waals surface area contributed by atoms with Gasteiger partial charge >= 0.3 is 5.97 Å². The molecule has 0 aliphatic carbocycles. The highest BCUT2D eigenvalue weighted by Crippen LogP contribution is 2.43. The van der Waals surface area contributed by atoms with E-state index in [1.54, 1.807) is 34.0 Å². The van der Waals surface area contributed by atoms with Crippen molar-refractivity contribution in [2.45, 2.75) is 19.4 Å². The summed E-state index contributed by atoms with van der Waals surface area (Å²) in [6.07, 6.45) is 4.62. The molecule has 2 aliphatic heterocycles. The van der Waals surface area contributed by atoms with E-state index in [-0.39, 0.29) is 24.1 Å². The predicted molar refractivity (Wildman–Crippen MR) is 105 cm³/mol. The SMILES string of the molecule is Cn1cc(CCC(=O)N2C[C@@H]3CN(Cc4cccc(O)c4)C[C@]3(C(=O)O)C2)cn1. The molecule has 0 bridgehead atoms. The van der Waals surface area contributed by atoms with Gasteiger partial charge in [0.2, 0.25) is 5.91 Å². The molecular weight excluding hydrogens is 372 g/mol. The lowest BCUT2D eigenvalue weighted by Gasteiger charge is -2.25. The molecule has 2 saturated heterocycles. The summed E-state index contributed by atoms with van der Waals surface area (Å²) in [5.41, 5.74) is 1.04. The van der Waals surface area contributed by atoms with Crippen LogP contribution < -0.4 is 0 Å². The van der Waals surface area contributed by atoms with Crippen molar-refractivity contribution in [3.05, 3.63) is 47.8 Å². The first kappa shape index (κ1) is 19.4. The molecule has 0 saturated carbocycles. The third kappa shape index (κ3) is 3.85. The number of aromatic hydroxyl groups is 1. The Balaban J connectivity index is 1.39. The van der Waals surface area contributed by atoms with Crippen molar-refractivity contribution >= 4 is 11.9 Å². The normalized spacial score (nSPS) is 24.0. The standard InChI is InChI=1S/C21H26N4O4/c1-23-9-16(8-22-23)5-6-19(27)25-12-17-11-24(13-21(17,14-25)20(28)29)10-15-3-2-4-18(26)7-15/h2-4,7-9,17,26H,5-6,10-14H2,1H3,(H,28,29)/t17-,21-/m0/s1. The summed E-state index contributed by atoms with van der Waals surface area (Å²) in [5, 5.41) is 23.8. The number of carboxylic acid groups (broad SMARTS) is 1. The van der Waals surface area contributed by atoms with Crippen LogP contribution in [0.4, 0.5) is 0 Å². The number of hydrogen-bond acceptors (Lipinski definition) is 5. The van der Waals surface area contributed by atoms with Crippen LogP contribution in [-0.4, -0.2) is 67.8 Å². The molecule has 2 aromatic rings. The van der Waals surface area contributed by atoms with Gasteiger partial charge in [0, 0.05) is 58.3 Å². The van der Waals surface area contributed by atoms with Crippen LogP contribution in [0.5, 0.6) is 5.75 Å². The molecule has 154 valence electrons. The van der Waals surface area contributed by atoms with Gasteiger partial charge in [0.15, 0.2) is 0 Å². The van der Waals surface area contributed by atoms with Crippen molar-refractivity contribution < 1.29 is 19.8 Å². The van der Waals surface area contributed by atoms with Gasteiger partial charge in [0.05, 0.1) is 6.20 Å². The van der Waals surface area contributed by atoms with Gasteiger partial charge in [-0.15, -0.1) is 0 Å². The molecule has 2 fully saturated rings. The maximum atomic E-state index is 12.7.